The number of Topliss-reactive ketones (excluding diaryl/α,β-unsaturated/α-hetero) is 8. The van der Waals surface area contributed by atoms with E-state index in [-0.39, 0.29) is 101 Å². The summed E-state index contributed by atoms with van der Waals surface area (Å²) in [6, 6.07) is 5.97. The third-order valence-corrected chi connectivity index (χ3v) is 12.0. The molecule has 9 N–H and O–H groups in total. The fraction of sp³-hybridized carbons (Fsp3) is 0.635. The molecular formula is C63H100N4O24. The lowest BCUT2D eigenvalue weighted by molar-refractivity contribution is -0.142. The first-order valence-corrected chi connectivity index (χ1v) is 29.3. The zero-order chi connectivity index (χ0) is 72.2. The largest absolute Gasteiger partial charge is 0.481 e. The standard InChI is InChI=1S/C9H8O3.C8H12O3.C8H14O3.3C7H12O3.C6H10N4O.C6H10O3.C5H10O2/c1-6(10)7-3-2-4-8(5-7)9(11)12;1-6(9)4-8(2-3-8)5-7(10)11;1-6(9)4-8(2,3)5-7(10)11;1-5(3-6(2)8)4-7(9)10;1-5(6(2)8)3-4-7(9)10;1-5(7(9)10)3-4-6(2)8;1-5(11)3-2-4-6-7-9-10-8-6;1-5(7)3-2-4-6(8)9;1-2-3-4-5(6)7/h2-5H,1H3,(H,11,12);2-5H2,1H3,(H,10,11);4-5H2,1-3H3,(H,10,11);3*5H,3-4H2,1-2H3,(H,9,10);2-4H2,1H3,(H,7,8,9,10);2-4H2,1H3,(H,8,9);2-4H2,1H3,(H,6,7). The van der Waals surface area contributed by atoms with Crippen LogP contribution in [0.4, 0.5) is 0 Å². The van der Waals surface area contributed by atoms with E-state index in [2.05, 4.69) is 20.6 Å². The topological polar surface area (TPSA) is 489 Å². The van der Waals surface area contributed by atoms with Crippen molar-refractivity contribution in [3.8, 4) is 0 Å². The second kappa shape index (κ2) is 54.4. The van der Waals surface area contributed by atoms with Gasteiger partial charge in [0.05, 0.1) is 24.3 Å². The van der Waals surface area contributed by atoms with Crippen molar-refractivity contribution in [2.24, 2.45) is 28.6 Å². The van der Waals surface area contributed by atoms with Crippen molar-refractivity contribution in [1.82, 2.24) is 20.6 Å². The normalized spacial score (nSPS) is 11.8. The van der Waals surface area contributed by atoms with E-state index in [1.54, 1.807) is 53.7 Å². The SMILES string of the molecule is CC(=O)C(C)CCC(=O)O.CC(=O)CC(C)(C)CC(=O)O.CC(=O)CC(C)CC(=O)O.CC(=O)CC1(CC(=O)O)CC1.CC(=O)CCC(C)C(=O)O.CC(=O)CCCC(=O)O.CC(=O)CCCc1nn[nH]n1.CC(=O)c1cccc(C(=O)O)c1.CCCCC(=O)O. The van der Waals surface area contributed by atoms with Gasteiger partial charge in [-0.1, -0.05) is 65.3 Å². The summed E-state index contributed by atoms with van der Waals surface area (Å²) in [4.78, 5) is 165. The maximum absolute atomic E-state index is 10.8. The van der Waals surface area contributed by atoms with Crippen molar-refractivity contribution in [3.63, 3.8) is 0 Å². The van der Waals surface area contributed by atoms with Crippen LogP contribution in [0.2, 0.25) is 0 Å². The summed E-state index contributed by atoms with van der Waals surface area (Å²) < 4.78 is 0. The Bertz CT molecular complexity index is 2450. The predicted octanol–water partition coefficient (Wildman–Crippen LogP) is 9.71. The number of hydrogen-bond acceptors (Lipinski definition) is 19. The summed E-state index contributed by atoms with van der Waals surface area (Å²) in [5, 5.41) is 79.8. The first-order chi connectivity index (χ1) is 41.8. The molecule has 0 amide bonds. The van der Waals surface area contributed by atoms with Gasteiger partial charge in [-0.15, -0.1) is 10.2 Å². The van der Waals surface area contributed by atoms with Gasteiger partial charge in [0.1, 0.15) is 40.5 Å². The number of nitrogens with one attached hydrogen (secondary N) is 1. The number of nitrogens with zero attached hydrogens (tertiary/aromatic N) is 3. The molecule has 2 aromatic rings. The third-order valence-electron chi connectivity index (χ3n) is 12.0. The monoisotopic (exact) mass is 1300 g/mol. The summed E-state index contributed by atoms with van der Waals surface area (Å²) >= 11 is 0. The van der Waals surface area contributed by atoms with Gasteiger partial charge >= 0.3 is 47.8 Å². The fourth-order valence-electron chi connectivity index (χ4n) is 7.01. The van der Waals surface area contributed by atoms with Crippen molar-refractivity contribution in [3.05, 3.63) is 41.2 Å². The van der Waals surface area contributed by atoms with Crippen LogP contribution in [0.1, 0.15) is 252 Å². The summed E-state index contributed by atoms with van der Waals surface area (Å²) in [6.45, 7) is 22.5. The lowest BCUT2D eigenvalue weighted by Crippen LogP contribution is -2.19. The van der Waals surface area contributed by atoms with Crippen LogP contribution in [-0.4, -0.2) is 155 Å². The van der Waals surface area contributed by atoms with E-state index in [9.17, 15) is 76.7 Å². The number of rotatable bonds is 33. The van der Waals surface area contributed by atoms with Gasteiger partial charge in [0.15, 0.2) is 11.6 Å². The molecule has 1 aliphatic carbocycles. The number of aromatic carboxylic acids is 1. The molecule has 91 heavy (non-hydrogen) atoms. The first-order valence-electron chi connectivity index (χ1n) is 29.3. The van der Waals surface area contributed by atoms with Crippen molar-refractivity contribution < 1.29 is 118 Å². The van der Waals surface area contributed by atoms with Crippen LogP contribution in [0.3, 0.4) is 0 Å². The van der Waals surface area contributed by atoms with Crippen LogP contribution in [0, 0.1) is 28.6 Å². The second-order valence-corrected chi connectivity index (χ2v) is 22.9. The first kappa shape index (κ1) is 93.5. The van der Waals surface area contributed by atoms with Gasteiger partial charge in [-0.3, -0.25) is 43.2 Å². The number of H-pyrrole nitrogens is 1. The minimum atomic E-state index is -1.02. The molecule has 1 aromatic carbocycles. The number of aromatic nitrogens is 4. The molecule has 28 nitrogen and oxygen atoms in total. The van der Waals surface area contributed by atoms with Gasteiger partial charge in [0.2, 0.25) is 0 Å². The lowest BCUT2D eigenvalue weighted by Gasteiger charge is -2.19. The Labute approximate surface area is 532 Å². The number of aromatic amines is 1. The number of aliphatic carboxylic acids is 7. The number of carbonyl (C=O) groups is 16. The molecule has 1 heterocycles. The average molecular weight is 1300 g/mol. The number of benzene rings is 1. The Morgan fingerprint density at radius 1 is 0.516 bits per heavy atom. The van der Waals surface area contributed by atoms with Crippen LogP contribution in [-0.2, 0) is 73.5 Å². The van der Waals surface area contributed by atoms with Gasteiger partial charge in [-0.25, -0.2) is 4.79 Å². The maximum Gasteiger partial charge on any atom is 0.335 e. The molecule has 3 rings (SSSR count). The van der Waals surface area contributed by atoms with Crippen molar-refractivity contribution in [2.75, 3.05) is 0 Å². The Morgan fingerprint density at radius 2 is 1.00 bits per heavy atom. The highest BCUT2D eigenvalue weighted by molar-refractivity contribution is 5.97. The molecule has 3 unspecified atom stereocenters. The Hall–Kier alpha value is -8.59. The number of carboxylic acid groups (broad SMARTS) is 8. The minimum absolute atomic E-state index is 0.0324. The summed E-state index contributed by atoms with van der Waals surface area (Å²) in [6.07, 6.45) is 9.72. The van der Waals surface area contributed by atoms with Crippen LogP contribution in [0.15, 0.2) is 24.3 Å². The van der Waals surface area contributed by atoms with Crippen LogP contribution < -0.4 is 0 Å². The van der Waals surface area contributed by atoms with Gasteiger partial charge in [-0.2, -0.15) is 5.21 Å². The molecule has 0 radical (unpaired) electrons. The minimum Gasteiger partial charge on any atom is -0.481 e. The molecular weight excluding hydrogens is 1200 g/mol. The highest BCUT2D eigenvalue weighted by Crippen LogP contribution is 2.51. The predicted molar refractivity (Wildman–Crippen MR) is 331 cm³/mol. The number of tetrazole rings is 1. The number of carboxylic acids is 8. The van der Waals surface area contributed by atoms with Crippen LogP contribution in [0.5, 0.6) is 0 Å². The summed E-state index contributed by atoms with van der Waals surface area (Å²) in [7, 11) is 0. The van der Waals surface area contributed by atoms with E-state index >= 15 is 0 Å². The number of carbonyl (C=O) groups excluding carboxylic acids is 8. The summed E-state index contributed by atoms with van der Waals surface area (Å²) in [5.74, 6) is -6.15. The number of unbranched alkanes of at least 4 members (excludes halogenated alkanes) is 1. The van der Waals surface area contributed by atoms with E-state index in [0.717, 1.165) is 38.5 Å². The lowest BCUT2D eigenvalue weighted by atomic mass is 9.84. The molecule has 28 heteroatoms. The second-order valence-electron chi connectivity index (χ2n) is 22.9. The quantitative estimate of drug-likeness (QED) is 0.0300. The van der Waals surface area contributed by atoms with E-state index in [1.807, 2.05) is 6.92 Å². The maximum atomic E-state index is 10.8. The molecule has 0 bridgehead atoms. The van der Waals surface area contributed by atoms with Crippen LogP contribution in [0.25, 0.3) is 0 Å². The highest BCUT2D eigenvalue weighted by atomic mass is 16.4. The molecule has 0 saturated heterocycles. The fourth-order valence-corrected chi connectivity index (χ4v) is 7.01. The molecule has 0 spiro atoms. The molecule has 0 aliphatic heterocycles. The highest BCUT2D eigenvalue weighted by Gasteiger charge is 2.45. The zero-order valence-electron chi connectivity index (χ0n) is 55.3. The smallest absolute Gasteiger partial charge is 0.335 e. The molecule has 1 aliphatic rings. The van der Waals surface area contributed by atoms with E-state index in [0.29, 0.717) is 75.6 Å². The molecule has 1 saturated carbocycles. The molecule has 1 aromatic heterocycles. The molecule has 1 fully saturated rings. The number of aryl methyl sites for hydroxylation is 1. The van der Waals surface area contributed by atoms with E-state index < -0.39 is 59.1 Å². The van der Waals surface area contributed by atoms with Gasteiger partial charge in [-0.05, 0) is 129 Å². The zero-order valence-corrected chi connectivity index (χ0v) is 55.3. The molecule has 3 atom stereocenters. The van der Waals surface area contributed by atoms with Crippen molar-refractivity contribution >= 4 is 94.0 Å². The number of hydrogen-bond donors (Lipinski definition) is 9. The van der Waals surface area contributed by atoms with E-state index in [1.165, 1.54) is 60.6 Å². The Morgan fingerprint density at radius 3 is 1.34 bits per heavy atom. The Balaban J connectivity index is -0.000000224. The van der Waals surface area contributed by atoms with Crippen molar-refractivity contribution in [2.45, 2.75) is 232 Å². The van der Waals surface area contributed by atoms with Gasteiger partial charge in [0, 0.05) is 82.1 Å². The Kier molecular flexibility index (Phi) is 55.9. The van der Waals surface area contributed by atoms with Gasteiger partial charge < -0.3 is 69.6 Å². The van der Waals surface area contributed by atoms with Gasteiger partial charge in [0.25, 0.3) is 0 Å². The van der Waals surface area contributed by atoms with Crippen LogP contribution >= 0.6 is 0 Å². The van der Waals surface area contributed by atoms with Crippen molar-refractivity contribution in [1.29, 1.82) is 0 Å². The average Bonchev–Trinajstić information content (AvgIpc) is 1.68. The summed E-state index contributed by atoms with van der Waals surface area (Å²) in [5.41, 5.74) is 0.00704. The number of ketones is 8. The van der Waals surface area contributed by atoms with E-state index in [4.69, 9.17) is 40.9 Å². The molecule has 516 valence electrons. The third kappa shape index (κ3) is 73.8.